The fourth-order valence-corrected chi connectivity index (χ4v) is 2.82. The molecule has 0 bridgehead atoms. The molecule has 0 unspecified atom stereocenters. The first-order chi connectivity index (χ1) is 10.7. The highest BCUT2D eigenvalue weighted by Gasteiger charge is 2.26. The minimum Gasteiger partial charge on any atom is -0.478 e. The first-order valence-corrected chi connectivity index (χ1v) is 7.91. The van der Waals surface area contributed by atoms with Gasteiger partial charge in [0.05, 0.1) is 6.61 Å². The molecular formula is C16H23N3O3. The lowest BCUT2D eigenvalue weighted by Crippen LogP contribution is -2.29. The van der Waals surface area contributed by atoms with Crippen LogP contribution in [0.1, 0.15) is 34.5 Å². The van der Waals surface area contributed by atoms with Crippen molar-refractivity contribution in [2.24, 2.45) is 0 Å². The number of carbonyl (C=O) groups is 1. The van der Waals surface area contributed by atoms with Gasteiger partial charge in [-0.2, -0.15) is 0 Å². The van der Waals surface area contributed by atoms with Crippen LogP contribution in [0.5, 0.6) is 0 Å². The lowest BCUT2D eigenvalue weighted by Gasteiger charge is -2.18. The van der Waals surface area contributed by atoms with E-state index in [9.17, 15) is 9.90 Å². The molecule has 0 atom stereocenters. The van der Waals surface area contributed by atoms with E-state index in [0.29, 0.717) is 17.4 Å². The number of aromatic nitrogens is 1. The predicted octanol–water partition coefficient (Wildman–Crippen LogP) is 1.40. The Kier molecular flexibility index (Phi) is 4.59. The molecule has 1 fully saturated rings. The van der Waals surface area contributed by atoms with Crippen LogP contribution in [0.2, 0.25) is 0 Å². The molecule has 0 amide bonds. The second-order valence-electron chi connectivity index (χ2n) is 6.05. The number of aromatic carboxylic acids is 1. The molecule has 0 aromatic carbocycles. The summed E-state index contributed by atoms with van der Waals surface area (Å²) in [6.45, 7) is 3.49. The molecule has 0 spiro atoms. The Bertz CT molecular complexity index is 558. The summed E-state index contributed by atoms with van der Waals surface area (Å²) in [6, 6.07) is 2.21. The number of hydrogen-bond acceptors (Lipinski definition) is 5. The number of pyridine rings is 1. The SMILES string of the molecule is COCCN1CCc2cc(C(=O)O)c(NC3CC3)nc2CC1. The topological polar surface area (TPSA) is 74.7 Å². The quantitative estimate of drug-likeness (QED) is 0.827. The van der Waals surface area contributed by atoms with Gasteiger partial charge in [-0.25, -0.2) is 9.78 Å². The number of carboxylic acids is 1. The smallest absolute Gasteiger partial charge is 0.339 e. The van der Waals surface area contributed by atoms with Gasteiger partial charge in [-0.1, -0.05) is 0 Å². The minimum atomic E-state index is -0.904. The standard InChI is InChI=1S/C16H23N3O3/c1-22-9-8-19-6-4-11-10-13(16(20)21)15(17-12-2-3-12)18-14(11)5-7-19/h10,12H,2-9H2,1H3,(H,17,18)(H,20,21). The number of methoxy groups -OCH3 is 1. The molecule has 0 radical (unpaired) electrons. The van der Waals surface area contributed by atoms with E-state index in [4.69, 9.17) is 4.74 Å². The summed E-state index contributed by atoms with van der Waals surface area (Å²) >= 11 is 0. The van der Waals surface area contributed by atoms with Crippen LogP contribution in [0.25, 0.3) is 0 Å². The Labute approximate surface area is 130 Å². The van der Waals surface area contributed by atoms with E-state index in [1.165, 1.54) is 0 Å². The summed E-state index contributed by atoms with van der Waals surface area (Å²) in [4.78, 5) is 18.5. The van der Waals surface area contributed by atoms with Crippen molar-refractivity contribution in [1.29, 1.82) is 0 Å². The average molecular weight is 305 g/mol. The third kappa shape index (κ3) is 3.56. The van der Waals surface area contributed by atoms with Crippen LogP contribution in [0, 0.1) is 0 Å². The summed E-state index contributed by atoms with van der Waals surface area (Å²) in [6.07, 6.45) is 3.90. The molecular weight excluding hydrogens is 282 g/mol. The monoisotopic (exact) mass is 305 g/mol. The van der Waals surface area contributed by atoms with Crippen molar-refractivity contribution >= 4 is 11.8 Å². The molecule has 3 rings (SSSR count). The molecule has 120 valence electrons. The number of ether oxygens (including phenoxy) is 1. The van der Waals surface area contributed by atoms with Gasteiger partial charge in [0, 0.05) is 44.9 Å². The van der Waals surface area contributed by atoms with Gasteiger partial charge in [-0.15, -0.1) is 0 Å². The van der Waals surface area contributed by atoms with Gasteiger partial charge in [-0.05, 0) is 30.9 Å². The van der Waals surface area contributed by atoms with Crippen LogP contribution >= 0.6 is 0 Å². The van der Waals surface area contributed by atoms with Gasteiger partial charge in [0.15, 0.2) is 0 Å². The molecule has 2 aliphatic rings. The van der Waals surface area contributed by atoms with Gasteiger partial charge in [-0.3, -0.25) is 0 Å². The molecule has 2 heterocycles. The molecule has 1 aromatic rings. The van der Waals surface area contributed by atoms with Crippen molar-refractivity contribution in [1.82, 2.24) is 9.88 Å². The van der Waals surface area contributed by atoms with Crippen LogP contribution in [0.4, 0.5) is 5.82 Å². The Balaban J connectivity index is 1.80. The van der Waals surface area contributed by atoms with E-state index in [2.05, 4.69) is 15.2 Å². The molecule has 6 nitrogen and oxygen atoms in total. The Morgan fingerprint density at radius 1 is 1.45 bits per heavy atom. The van der Waals surface area contributed by atoms with Crippen molar-refractivity contribution in [3.05, 3.63) is 22.9 Å². The van der Waals surface area contributed by atoms with E-state index in [0.717, 1.165) is 63.2 Å². The van der Waals surface area contributed by atoms with Crippen molar-refractivity contribution < 1.29 is 14.6 Å². The predicted molar refractivity (Wildman–Crippen MR) is 83.6 cm³/mol. The maximum absolute atomic E-state index is 11.5. The Morgan fingerprint density at radius 2 is 2.23 bits per heavy atom. The normalized spacial score (nSPS) is 18.6. The first kappa shape index (κ1) is 15.2. The van der Waals surface area contributed by atoms with Gasteiger partial charge in [0.1, 0.15) is 11.4 Å². The second kappa shape index (κ2) is 6.62. The fourth-order valence-electron chi connectivity index (χ4n) is 2.82. The molecule has 0 saturated heterocycles. The van der Waals surface area contributed by atoms with Gasteiger partial charge in [0.25, 0.3) is 0 Å². The highest BCUT2D eigenvalue weighted by atomic mass is 16.5. The summed E-state index contributed by atoms with van der Waals surface area (Å²) < 4.78 is 5.14. The van der Waals surface area contributed by atoms with Gasteiger partial charge in [0.2, 0.25) is 0 Å². The van der Waals surface area contributed by atoms with Crippen molar-refractivity contribution in [3.8, 4) is 0 Å². The van der Waals surface area contributed by atoms with E-state index in [1.54, 1.807) is 7.11 Å². The summed E-state index contributed by atoms with van der Waals surface area (Å²) in [7, 11) is 1.71. The molecule has 1 aliphatic heterocycles. The minimum absolute atomic E-state index is 0.302. The zero-order chi connectivity index (χ0) is 15.5. The highest BCUT2D eigenvalue weighted by Crippen LogP contribution is 2.28. The molecule has 1 saturated carbocycles. The maximum atomic E-state index is 11.5. The number of fused-ring (bicyclic) bond motifs is 1. The zero-order valence-electron chi connectivity index (χ0n) is 13.0. The molecule has 22 heavy (non-hydrogen) atoms. The molecule has 6 heteroatoms. The van der Waals surface area contributed by atoms with Crippen LogP contribution in [0.15, 0.2) is 6.07 Å². The van der Waals surface area contributed by atoms with Gasteiger partial charge >= 0.3 is 5.97 Å². The molecule has 1 aromatic heterocycles. The number of nitrogens with one attached hydrogen (secondary N) is 1. The van der Waals surface area contributed by atoms with Crippen molar-refractivity contribution in [2.45, 2.75) is 31.7 Å². The largest absolute Gasteiger partial charge is 0.478 e. The van der Waals surface area contributed by atoms with E-state index >= 15 is 0 Å². The molecule has 1 aliphatic carbocycles. The Morgan fingerprint density at radius 3 is 2.91 bits per heavy atom. The average Bonchev–Trinajstić information content (AvgIpc) is 3.32. The zero-order valence-corrected chi connectivity index (χ0v) is 13.0. The van der Waals surface area contributed by atoms with E-state index < -0.39 is 5.97 Å². The number of hydrogen-bond donors (Lipinski definition) is 2. The van der Waals surface area contributed by atoms with E-state index in [-0.39, 0.29) is 0 Å². The van der Waals surface area contributed by atoms with Crippen molar-refractivity contribution in [2.75, 3.05) is 38.7 Å². The summed E-state index contributed by atoms with van der Waals surface area (Å²) in [5.74, 6) is -0.363. The van der Waals surface area contributed by atoms with Crippen LogP contribution < -0.4 is 5.32 Å². The fraction of sp³-hybridized carbons (Fsp3) is 0.625. The molecule has 2 N–H and O–H groups in total. The number of anilines is 1. The van der Waals surface area contributed by atoms with Crippen molar-refractivity contribution in [3.63, 3.8) is 0 Å². The van der Waals surface area contributed by atoms with Gasteiger partial charge < -0.3 is 20.1 Å². The first-order valence-electron chi connectivity index (χ1n) is 7.91. The lowest BCUT2D eigenvalue weighted by atomic mass is 10.1. The summed E-state index contributed by atoms with van der Waals surface area (Å²) in [5.41, 5.74) is 2.41. The highest BCUT2D eigenvalue weighted by molar-refractivity contribution is 5.93. The Hall–Kier alpha value is -1.66. The maximum Gasteiger partial charge on any atom is 0.339 e. The van der Waals surface area contributed by atoms with Crippen LogP contribution in [-0.2, 0) is 17.6 Å². The number of nitrogens with zero attached hydrogens (tertiary/aromatic N) is 2. The second-order valence-corrected chi connectivity index (χ2v) is 6.05. The third-order valence-electron chi connectivity index (χ3n) is 4.31. The van der Waals surface area contributed by atoms with Crippen LogP contribution in [0.3, 0.4) is 0 Å². The lowest BCUT2D eigenvalue weighted by molar-refractivity contribution is 0.0697. The number of carboxylic acid groups (broad SMARTS) is 1. The third-order valence-corrected chi connectivity index (χ3v) is 4.31. The number of rotatable bonds is 6. The van der Waals surface area contributed by atoms with Crippen LogP contribution in [-0.4, -0.2) is 60.4 Å². The summed E-state index contributed by atoms with van der Waals surface area (Å²) in [5, 5.41) is 12.7. The van der Waals surface area contributed by atoms with E-state index in [1.807, 2.05) is 6.07 Å².